The normalized spacial score (nSPS) is 28.8. The molecule has 1 saturated carbocycles. The van der Waals surface area contributed by atoms with Gasteiger partial charge in [-0.05, 0) is 36.5 Å². The molecule has 0 radical (unpaired) electrons. The zero-order valence-electron chi connectivity index (χ0n) is 10.7. The average Bonchev–Trinajstić information content (AvgIpc) is 2.62. The third kappa shape index (κ3) is 2.40. The number of alkyl halides is 3. The largest absolute Gasteiger partial charge is 0.520 e. The zero-order chi connectivity index (χ0) is 15.3. The van der Waals surface area contributed by atoms with E-state index in [1.807, 2.05) is 0 Å². The lowest BCUT2D eigenvalue weighted by molar-refractivity contribution is -1.62. The highest BCUT2D eigenvalue weighted by Gasteiger charge is 2.66. The third-order valence-electron chi connectivity index (χ3n) is 3.84. The van der Waals surface area contributed by atoms with Gasteiger partial charge < -0.3 is 6.87 Å². The van der Waals surface area contributed by atoms with Crippen molar-refractivity contribution < 1.29 is 43.6 Å². The van der Waals surface area contributed by atoms with Crippen LogP contribution >= 0.6 is 10.3 Å². The molecule has 1 aromatic rings. The Labute approximate surface area is 130 Å². The molecule has 1 aliphatic carbocycles. The van der Waals surface area contributed by atoms with Crippen molar-refractivity contribution in [1.29, 1.82) is 0 Å². The van der Waals surface area contributed by atoms with Crippen LogP contribution in [-0.2, 0) is 2.51 Å². The van der Waals surface area contributed by atoms with Crippen molar-refractivity contribution in [3.63, 3.8) is 0 Å². The van der Waals surface area contributed by atoms with Crippen LogP contribution in [0.5, 0.6) is 0 Å². The Balaban J connectivity index is 2.19. The van der Waals surface area contributed by atoms with Crippen molar-refractivity contribution >= 4 is 16.4 Å². The molecule has 0 amide bonds. The van der Waals surface area contributed by atoms with E-state index in [0.29, 0.717) is 18.4 Å². The third-order valence-corrected chi connectivity index (χ3v) is 9.39. The predicted octanol–water partition coefficient (Wildman–Crippen LogP) is -0.454. The molecule has 116 valence electrons. The van der Waals surface area contributed by atoms with E-state index in [0.717, 1.165) is 6.42 Å². The highest BCUT2D eigenvalue weighted by atomic mass is 127. The van der Waals surface area contributed by atoms with Gasteiger partial charge in [0.05, 0.1) is 0 Å². The van der Waals surface area contributed by atoms with E-state index in [1.165, 1.54) is 18.2 Å². The first-order chi connectivity index (χ1) is 9.86. The molecular weight excluding hydrogens is 420 g/mol. The number of allylic oxidation sites excluding steroid dienone is 1. The van der Waals surface area contributed by atoms with Crippen LogP contribution in [0.4, 0.5) is 13.2 Å². The first-order valence-electron chi connectivity index (χ1n) is 6.32. The summed E-state index contributed by atoms with van der Waals surface area (Å²) < 4.78 is 68.4. The second kappa shape index (κ2) is 5.41. The highest BCUT2D eigenvalue weighted by molar-refractivity contribution is 8.34. The standard InChI is InChI=1S/C13H12F3IO3S/c14-13(15,16)21(20-17(18)19)11-7-2-1-4-10(11)8-12(21)9-5-3-6-9/h1-2,4,7-9H,3,5-6H2. The Morgan fingerprint density at radius 3 is 2.38 bits per heavy atom. The van der Waals surface area contributed by atoms with Crippen molar-refractivity contribution in [2.24, 2.45) is 5.92 Å². The molecule has 3 rings (SSSR count). The molecule has 2 aliphatic rings. The summed E-state index contributed by atoms with van der Waals surface area (Å²) in [7, 11) is -3.93. The van der Waals surface area contributed by atoms with Gasteiger partial charge in [0.25, 0.3) is 0 Å². The molecule has 1 aromatic carbocycles. The average molecular weight is 432 g/mol. The molecule has 0 saturated heterocycles. The minimum absolute atomic E-state index is 0.0339. The minimum atomic E-state index is -4.73. The number of halogens is 4. The van der Waals surface area contributed by atoms with Gasteiger partial charge in [0.15, 0.2) is 0 Å². The summed E-state index contributed by atoms with van der Waals surface area (Å²) in [5.41, 5.74) is -4.31. The molecule has 0 bridgehead atoms. The molecule has 1 fully saturated rings. The van der Waals surface area contributed by atoms with Crippen LogP contribution in [0.2, 0.25) is 0 Å². The number of benzene rings is 1. The SMILES string of the molecule is [O-][I+2]([O-])OS1(C(F)(F)F)C(C2CCC2)=Cc2ccccc21. The van der Waals surface area contributed by atoms with Gasteiger partial charge >= 0.3 is 26.6 Å². The fourth-order valence-electron chi connectivity index (χ4n) is 2.71. The fourth-order valence-corrected chi connectivity index (χ4v) is 8.71. The summed E-state index contributed by atoms with van der Waals surface area (Å²) in [4.78, 5) is 0.0878. The topological polar surface area (TPSA) is 55.3 Å². The van der Waals surface area contributed by atoms with Crippen LogP contribution in [0.1, 0.15) is 24.8 Å². The van der Waals surface area contributed by atoms with E-state index in [-0.39, 0.29) is 15.7 Å². The van der Waals surface area contributed by atoms with Crippen LogP contribution in [0.3, 0.4) is 0 Å². The van der Waals surface area contributed by atoms with Gasteiger partial charge in [0, 0.05) is 12.3 Å². The lowest BCUT2D eigenvalue weighted by Gasteiger charge is -2.39. The highest BCUT2D eigenvalue weighted by Crippen LogP contribution is 2.78. The van der Waals surface area contributed by atoms with Gasteiger partial charge in [-0.2, -0.15) is 13.2 Å². The minimum Gasteiger partial charge on any atom is -0.395 e. The van der Waals surface area contributed by atoms with Gasteiger partial charge in [-0.1, -0.05) is 24.6 Å². The molecular formula is C13H12F3IO3S. The second-order valence-electron chi connectivity index (χ2n) is 4.97. The van der Waals surface area contributed by atoms with Crippen LogP contribution in [0.15, 0.2) is 34.1 Å². The van der Waals surface area contributed by atoms with E-state index in [1.54, 1.807) is 12.1 Å². The molecule has 1 heterocycles. The zero-order valence-corrected chi connectivity index (χ0v) is 13.7. The molecule has 0 spiro atoms. The summed E-state index contributed by atoms with van der Waals surface area (Å²) in [6.45, 7) is 0. The van der Waals surface area contributed by atoms with E-state index in [9.17, 15) is 20.0 Å². The Bertz CT molecular complexity index is 586. The van der Waals surface area contributed by atoms with Crippen molar-refractivity contribution in [2.45, 2.75) is 29.7 Å². The Morgan fingerprint density at radius 1 is 1.19 bits per heavy atom. The molecule has 0 aromatic heterocycles. The van der Waals surface area contributed by atoms with Crippen LogP contribution in [-0.4, -0.2) is 5.51 Å². The lowest BCUT2D eigenvalue weighted by atomic mass is 9.85. The monoisotopic (exact) mass is 432 g/mol. The van der Waals surface area contributed by atoms with Gasteiger partial charge in [-0.3, -0.25) is 0 Å². The van der Waals surface area contributed by atoms with Crippen molar-refractivity contribution in [2.75, 3.05) is 0 Å². The number of fused-ring (bicyclic) bond motifs is 1. The lowest BCUT2D eigenvalue weighted by Crippen LogP contribution is -3.98. The van der Waals surface area contributed by atoms with E-state index in [4.69, 9.17) is 2.51 Å². The molecule has 21 heavy (non-hydrogen) atoms. The van der Waals surface area contributed by atoms with Crippen LogP contribution in [0, 0.1) is 5.92 Å². The van der Waals surface area contributed by atoms with Crippen LogP contribution < -0.4 is 27.9 Å². The van der Waals surface area contributed by atoms with Crippen LogP contribution in [0.25, 0.3) is 6.08 Å². The Kier molecular flexibility index (Phi) is 4.02. The van der Waals surface area contributed by atoms with Gasteiger partial charge in [-0.15, -0.1) is 0 Å². The Hall–Kier alpha value is -0.290. The fraction of sp³-hybridized carbons (Fsp3) is 0.385. The summed E-state index contributed by atoms with van der Waals surface area (Å²) in [6.07, 6.45) is 3.66. The first-order valence-corrected chi connectivity index (χ1v) is 10.5. The van der Waals surface area contributed by atoms with E-state index in [2.05, 4.69) is 0 Å². The van der Waals surface area contributed by atoms with Crippen molar-refractivity contribution in [1.82, 2.24) is 0 Å². The van der Waals surface area contributed by atoms with Gasteiger partial charge in [0.2, 0.25) is 0 Å². The molecule has 1 aliphatic heterocycles. The molecule has 3 nitrogen and oxygen atoms in total. The maximum Gasteiger partial charge on any atom is 0.520 e. The second-order valence-corrected chi connectivity index (χ2v) is 9.74. The molecule has 1 unspecified atom stereocenters. The van der Waals surface area contributed by atoms with Crippen molar-refractivity contribution in [3.05, 3.63) is 34.7 Å². The van der Waals surface area contributed by atoms with E-state index < -0.39 is 36.9 Å². The Morgan fingerprint density at radius 2 is 1.86 bits per heavy atom. The van der Waals surface area contributed by atoms with Gasteiger partial charge in [-0.25, -0.2) is 0 Å². The smallest absolute Gasteiger partial charge is 0.395 e. The van der Waals surface area contributed by atoms with E-state index >= 15 is 0 Å². The summed E-state index contributed by atoms with van der Waals surface area (Å²) in [5.74, 6) is -0.232. The number of hydrogen-bond acceptors (Lipinski definition) is 3. The summed E-state index contributed by atoms with van der Waals surface area (Å²) in [6, 6.07) is 6.04. The maximum absolute atomic E-state index is 13.8. The van der Waals surface area contributed by atoms with Gasteiger partial charge in [0.1, 0.15) is 10.3 Å². The number of rotatable bonds is 3. The summed E-state index contributed by atoms with van der Waals surface area (Å²) >= 11 is -4.52. The number of hydrogen-bond donors (Lipinski definition) is 0. The predicted molar refractivity (Wildman–Crippen MR) is 64.8 cm³/mol. The summed E-state index contributed by atoms with van der Waals surface area (Å²) in [5, 5.41) is 0. The molecule has 1 atom stereocenters. The quantitative estimate of drug-likeness (QED) is 0.609. The van der Waals surface area contributed by atoms with Crippen molar-refractivity contribution in [3.8, 4) is 0 Å². The molecule has 0 N–H and O–H groups in total. The maximum atomic E-state index is 13.8. The molecule has 8 heteroatoms. The first kappa shape index (κ1) is 15.6.